The molecular formula is C18H29N3O2. The van der Waals surface area contributed by atoms with Crippen LogP contribution in [0, 0.1) is 6.92 Å². The highest BCUT2D eigenvalue weighted by Gasteiger charge is 2.29. The highest BCUT2D eigenvalue weighted by atomic mass is 16.5. The Hall–Kier alpha value is -1.59. The van der Waals surface area contributed by atoms with E-state index in [9.17, 15) is 5.11 Å². The van der Waals surface area contributed by atoms with Gasteiger partial charge < -0.3 is 20.1 Å². The molecule has 1 saturated heterocycles. The first-order valence-electron chi connectivity index (χ1n) is 8.38. The van der Waals surface area contributed by atoms with Crippen LogP contribution in [0.5, 0.6) is 0 Å². The Morgan fingerprint density at radius 1 is 1.35 bits per heavy atom. The molecule has 1 heterocycles. The van der Waals surface area contributed by atoms with Crippen molar-refractivity contribution >= 4 is 5.96 Å². The maximum absolute atomic E-state index is 10.6. The normalized spacial score (nSPS) is 17.8. The van der Waals surface area contributed by atoms with Crippen molar-refractivity contribution < 1.29 is 9.84 Å². The van der Waals surface area contributed by atoms with Crippen LogP contribution in [0.25, 0.3) is 0 Å². The smallest absolute Gasteiger partial charge is 0.194 e. The van der Waals surface area contributed by atoms with Crippen molar-refractivity contribution in [3.63, 3.8) is 0 Å². The molecule has 1 aliphatic heterocycles. The summed E-state index contributed by atoms with van der Waals surface area (Å²) in [4.78, 5) is 6.77. The number of aliphatic hydroxyl groups is 1. The Morgan fingerprint density at radius 3 is 2.70 bits per heavy atom. The number of ether oxygens (including phenoxy) is 1. The van der Waals surface area contributed by atoms with Gasteiger partial charge in [-0.05, 0) is 25.0 Å². The Kier molecular flexibility index (Phi) is 6.42. The third-order valence-electron chi connectivity index (χ3n) is 4.31. The molecule has 0 spiro atoms. The van der Waals surface area contributed by atoms with E-state index in [1.807, 2.05) is 7.05 Å². The lowest BCUT2D eigenvalue weighted by molar-refractivity contribution is -0.0566. The van der Waals surface area contributed by atoms with E-state index in [-0.39, 0.29) is 0 Å². The second-order valence-electron chi connectivity index (χ2n) is 6.29. The minimum Gasteiger partial charge on any atom is -0.388 e. The van der Waals surface area contributed by atoms with E-state index < -0.39 is 5.60 Å². The van der Waals surface area contributed by atoms with Crippen LogP contribution >= 0.6 is 0 Å². The molecule has 1 aromatic rings. The number of aryl methyl sites for hydroxylation is 1. The standard InChI is InChI=1S/C18H29N3O2/c1-4-19-17(20-14-18(22)9-11-23-12-10-18)21(3)13-16-8-6-5-7-15(16)2/h5-8,22H,4,9-14H2,1-3H3,(H,19,20). The molecule has 2 N–H and O–H groups in total. The van der Waals surface area contributed by atoms with Gasteiger partial charge in [-0.25, -0.2) is 0 Å². The zero-order chi connectivity index (χ0) is 16.7. The first kappa shape index (κ1) is 17.8. The first-order chi connectivity index (χ1) is 11.0. The lowest BCUT2D eigenvalue weighted by Crippen LogP contribution is -2.43. The molecule has 0 aliphatic carbocycles. The minimum atomic E-state index is -0.734. The number of hydrogen-bond acceptors (Lipinski definition) is 3. The largest absolute Gasteiger partial charge is 0.388 e. The average molecular weight is 319 g/mol. The third kappa shape index (κ3) is 5.22. The Bertz CT molecular complexity index is 525. The summed E-state index contributed by atoms with van der Waals surface area (Å²) < 4.78 is 5.32. The molecule has 0 atom stereocenters. The predicted molar refractivity (Wildman–Crippen MR) is 93.6 cm³/mol. The van der Waals surface area contributed by atoms with E-state index in [0.717, 1.165) is 19.0 Å². The van der Waals surface area contributed by atoms with Gasteiger partial charge in [-0.15, -0.1) is 0 Å². The summed E-state index contributed by atoms with van der Waals surface area (Å²) in [6.07, 6.45) is 1.30. The van der Waals surface area contributed by atoms with Gasteiger partial charge in [0.15, 0.2) is 5.96 Å². The quantitative estimate of drug-likeness (QED) is 0.643. The number of rotatable bonds is 5. The zero-order valence-corrected chi connectivity index (χ0v) is 14.5. The summed E-state index contributed by atoms with van der Waals surface area (Å²) in [5.74, 6) is 0.829. The average Bonchev–Trinajstić information content (AvgIpc) is 2.54. The van der Waals surface area contributed by atoms with Crippen LogP contribution in [-0.4, -0.2) is 54.9 Å². The topological polar surface area (TPSA) is 57.1 Å². The van der Waals surface area contributed by atoms with E-state index in [1.165, 1.54) is 11.1 Å². The molecule has 5 heteroatoms. The van der Waals surface area contributed by atoms with Gasteiger partial charge in [-0.3, -0.25) is 4.99 Å². The Morgan fingerprint density at radius 2 is 2.04 bits per heavy atom. The summed E-state index contributed by atoms with van der Waals surface area (Å²) in [7, 11) is 2.03. The Labute approximate surface area is 139 Å². The summed E-state index contributed by atoms with van der Waals surface area (Å²) in [6, 6.07) is 8.38. The minimum absolute atomic E-state index is 0.413. The van der Waals surface area contributed by atoms with Crippen molar-refractivity contribution in [2.24, 2.45) is 4.99 Å². The summed E-state index contributed by atoms with van der Waals surface area (Å²) in [5, 5.41) is 13.9. The van der Waals surface area contributed by atoms with Crippen LogP contribution in [0.1, 0.15) is 30.9 Å². The maximum Gasteiger partial charge on any atom is 0.194 e. The molecule has 2 rings (SSSR count). The number of nitrogens with zero attached hydrogens (tertiary/aromatic N) is 2. The fourth-order valence-electron chi connectivity index (χ4n) is 2.72. The molecule has 0 amide bonds. The van der Waals surface area contributed by atoms with Crippen molar-refractivity contribution in [3.8, 4) is 0 Å². The number of benzene rings is 1. The fourth-order valence-corrected chi connectivity index (χ4v) is 2.72. The molecule has 1 aromatic carbocycles. The summed E-state index contributed by atoms with van der Waals surface area (Å²) in [6.45, 7) is 7.41. The van der Waals surface area contributed by atoms with Gasteiger partial charge in [0.05, 0.1) is 12.1 Å². The molecular weight excluding hydrogens is 290 g/mol. The number of aliphatic imine (C=N–C) groups is 1. The van der Waals surface area contributed by atoms with Gasteiger partial charge >= 0.3 is 0 Å². The highest BCUT2D eigenvalue weighted by molar-refractivity contribution is 5.79. The van der Waals surface area contributed by atoms with E-state index >= 15 is 0 Å². The second-order valence-corrected chi connectivity index (χ2v) is 6.29. The van der Waals surface area contributed by atoms with Crippen molar-refractivity contribution in [3.05, 3.63) is 35.4 Å². The van der Waals surface area contributed by atoms with Crippen LogP contribution in [0.3, 0.4) is 0 Å². The molecule has 128 valence electrons. The zero-order valence-electron chi connectivity index (χ0n) is 14.5. The molecule has 0 saturated carbocycles. The summed E-state index contributed by atoms with van der Waals surface area (Å²) in [5.41, 5.74) is 1.83. The molecule has 1 fully saturated rings. The third-order valence-corrected chi connectivity index (χ3v) is 4.31. The van der Waals surface area contributed by atoms with E-state index in [4.69, 9.17) is 4.74 Å². The van der Waals surface area contributed by atoms with E-state index in [0.29, 0.717) is 32.6 Å². The van der Waals surface area contributed by atoms with Crippen LogP contribution in [0.4, 0.5) is 0 Å². The molecule has 0 aromatic heterocycles. The van der Waals surface area contributed by atoms with E-state index in [1.54, 1.807) is 0 Å². The monoisotopic (exact) mass is 319 g/mol. The molecule has 0 radical (unpaired) electrons. The van der Waals surface area contributed by atoms with Crippen molar-refractivity contribution in [2.45, 2.75) is 38.8 Å². The van der Waals surface area contributed by atoms with Crippen LogP contribution in [0.15, 0.2) is 29.3 Å². The maximum atomic E-state index is 10.6. The van der Waals surface area contributed by atoms with Crippen molar-refractivity contribution in [1.82, 2.24) is 10.2 Å². The SMILES string of the molecule is CCNC(=NCC1(O)CCOCC1)N(C)Cc1ccccc1C. The predicted octanol–water partition coefficient (Wildman–Crippen LogP) is 1.93. The molecule has 23 heavy (non-hydrogen) atoms. The van der Waals surface area contributed by atoms with Crippen LogP contribution in [-0.2, 0) is 11.3 Å². The van der Waals surface area contributed by atoms with Crippen molar-refractivity contribution in [2.75, 3.05) is 33.4 Å². The number of nitrogens with one attached hydrogen (secondary N) is 1. The number of guanidine groups is 1. The van der Waals surface area contributed by atoms with Crippen LogP contribution in [0.2, 0.25) is 0 Å². The molecule has 1 aliphatic rings. The van der Waals surface area contributed by atoms with Gasteiger partial charge in [0.2, 0.25) is 0 Å². The fraction of sp³-hybridized carbons (Fsp3) is 0.611. The molecule has 5 nitrogen and oxygen atoms in total. The first-order valence-corrected chi connectivity index (χ1v) is 8.38. The van der Waals surface area contributed by atoms with Gasteiger partial charge in [0.25, 0.3) is 0 Å². The second kappa shape index (κ2) is 8.31. The number of hydrogen-bond donors (Lipinski definition) is 2. The molecule has 0 bridgehead atoms. The van der Waals surface area contributed by atoms with Gasteiger partial charge in [-0.1, -0.05) is 24.3 Å². The molecule has 0 unspecified atom stereocenters. The highest BCUT2D eigenvalue weighted by Crippen LogP contribution is 2.20. The lowest BCUT2D eigenvalue weighted by Gasteiger charge is -2.31. The van der Waals surface area contributed by atoms with Crippen LogP contribution < -0.4 is 5.32 Å². The van der Waals surface area contributed by atoms with E-state index in [2.05, 4.69) is 53.3 Å². The Balaban J connectivity index is 2.04. The van der Waals surface area contributed by atoms with Gasteiger partial charge in [0, 0.05) is 46.2 Å². The lowest BCUT2D eigenvalue weighted by atomic mass is 9.95. The van der Waals surface area contributed by atoms with Gasteiger partial charge in [-0.2, -0.15) is 0 Å². The van der Waals surface area contributed by atoms with Gasteiger partial charge in [0.1, 0.15) is 0 Å². The summed E-state index contributed by atoms with van der Waals surface area (Å²) >= 11 is 0. The van der Waals surface area contributed by atoms with Crippen molar-refractivity contribution in [1.29, 1.82) is 0 Å².